The standard InChI is InChI=1S/C24H29N3O5S2/c1-4-32-21-11-6-5-10-20(21)25-23-27(24(2,3)17-33-23)22(28)18-8-7-9-19(16-18)34(29,30)26-12-14-31-15-13-26/h5-11,16H,4,12-15,17H2,1-3H3. The SMILES string of the molecule is CCOc1ccccc1N=C1SCC(C)(C)N1C(=O)c1cccc(S(=O)(=O)N2CCOCC2)c1. The van der Waals surface area contributed by atoms with Crippen LogP contribution in [-0.4, -0.2) is 72.9 Å². The van der Waals surface area contributed by atoms with Crippen molar-refractivity contribution in [3.05, 3.63) is 54.1 Å². The van der Waals surface area contributed by atoms with Crippen LogP contribution >= 0.6 is 11.8 Å². The van der Waals surface area contributed by atoms with Crippen molar-refractivity contribution in [2.24, 2.45) is 4.99 Å². The fourth-order valence-corrected chi connectivity index (χ4v) is 6.55. The normalized spacial score (nSPS) is 20.0. The van der Waals surface area contributed by atoms with Gasteiger partial charge in [-0.05, 0) is 51.1 Å². The molecule has 1 amide bonds. The van der Waals surface area contributed by atoms with Crippen molar-refractivity contribution in [3.8, 4) is 5.75 Å². The Labute approximate surface area is 205 Å². The number of thioether (sulfide) groups is 1. The maximum atomic E-state index is 13.7. The number of ether oxygens (including phenoxy) is 2. The van der Waals surface area contributed by atoms with E-state index in [4.69, 9.17) is 14.5 Å². The van der Waals surface area contributed by atoms with E-state index < -0.39 is 15.6 Å². The van der Waals surface area contributed by atoms with Crippen LogP contribution in [0.2, 0.25) is 0 Å². The zero-order valence-electron chi connectivity index (χ0n) is 19.6. The number of carbonyl (C=O) groups excluding carboxylic acids is 1. The Hall–Kier alpha value is -2.40. The van der Waals surface area contributed by atoms with Crippen molar-refractivity contribution in [1.82, 2.24) is 9.21 Å². The molecule has 2 aliphatic rings. The first-order valence-corrected chi connectivity index (χ1v) is 13.6. The number of hydrogen-bond donors (Lipinski definition) is 0. The number of aliphatic imine (C=N–C) groups is 1. The van der Waals surface area contributed by atoms with Crippen LogP contribution in [0.5, 0.6) is 5.75 Å². The lowest BCUT2D eigenvalue weighted by Gasteiger charge is -2.31. The predicted octanol–water partition coefficient (Wildman–Crippen LogP) is 3.76. The van der Waals surface area contributed by atoms with Gasteiger partial charge in [0.1, 0.15) is 11.4 Å². The monoisotopic (exact) mass is 503 g/mol. The third-order valence-electron chi connectivity index (χ3n) is 5.62. The van der Waals surface area contributed by atoms with Gasteiger partial charge in [0.25, 0.3) is 5.91 Å². The maximum Gasteiger partial charge on any atom is 0.260 e. The summed E-state index contributed by atoms with van der Waals surface area (Å²) in [5, 5.41) is 0.559. The fourth-order valence-electron chi connectivity index (χ4n) is 3.86. The Morgan fingerprint density at radius 1 is 1.15 bits per heavy atom. The van der Waals surface area contributed by atoms with Gasteiger partial charge < -0.3 is 9.47 Å². The van der Waals surface area contributed by atoms with Crippen molar-refractivity contribution in [1.29, 1.82) is 0 Å². The van der Waals surface area contributed by atoms with Gasteiger partial charge in [-0.15, -0.1) is 0 Å². The van der Waals surface area contributed by atoms with E-state index in [0.717, 1.165) is 0 Å². The highest BCUT2D eigenvalue weighted by Gasteiger charge is 2.42. The summed E-state index contributed by atoms with van der Waals surface area (Å²) in [7, 11) is -3.71. The van der Waals surface area contributed by atoms with Gasteiger partial charge in [-0.25, -0.2) is 13.4 Å². The molecule has 2 aromatic rings. The number of morpholine rings is 1. The van der Waals surface area contributed by atoms with Crippen LogP contribution in [0.4, 0.5) is 5.69 Å². The summed E-state index contributed by atoms with van der Waals surface area (Å²) in [6.45, 7) is 7.68. The summed E-state index contributed by atoms with van der Waals surface area (Å²) in [5.74, 6) is 1.02. The molecular weight excluding hydrogens is 474 g/mol. The van der Waals surface area contributed by atoms with Gasteiger partial charge >= 0.3 is 0 Å². The van der Waals surface area contributed by atoms with Crippen LogP contribution in [0.1, 0.15) is 31.1 Å². The quantitative estimate of drug-likeness (QED) is 0.596. The van der Waals surface area contributed by atoms with Crippen molar-refractivity contribution in [2.75, 3.05) is 38.7 Å². The Balaban J connectivity index is 1.68. The molecule has 0 saturated carbocycles. The number of rotatable bonds is 6. The molecule has 0 aromatic heterocycles. The van der Waals surface area contributed by atoms with E-state index in [1.54, 1.807) is 17.0 Å². The highest BCUT2D eigenvalue weighted by atomic mass is 32.2. The molecular formula is C24H29N3O5S2. The third-order valence-corrected chi connectivity index (χ3v) is 8.90. The fraction of sp³-hybridized carbons (Fsp3) is 0.417. The average Bonchev–Trinajstić information content (AvgIpc) is 3.14. The largest absolute Gasteiger partial charge is 0.492 e. The smallest absolute Gasteiger partial charge is 0.260 e. The molecule has 0 bridgehead atoms. The molecule has 8 nitrogen and oxygen atoms in total. The molecule has 0 unspecified atom stereocenters. The summed E-state index contributed by atoms with van der Waals surface area (Å²) in [6, 6.07) is 13.7. The summed E-state index contributed by atoms with van der Waals surface area (Å²) in [4.78, 5) is 20.2. The van der Waals surface area contributed by atoms with E-state index in [0.29, 0.717) is 60.8 Å². The van der Waals surface area contributed by atoms with Crippen LogP contribution in [0.15, 0.2) is 58.4 Å². The minimum Gasteiger partial charge on any atom is -0.492 e. The maximum absolute atomic E-state index is 13.7. The Kier molecular flexibility index (Phi) is 7.32. The molecule has 2 heterocycles. The highest BCUT2D eigenvalue weighted by Crippen LogP contribution is 2.37. The first kappa shape index (κ1) is 24.7. The lowest BCUT2D eigenvalue weighted by molar-refractivity contribution is 0.0729. The summed E-state index contributed by atoms with van der Waals surface area (Å²) in [6.07, 6.45) is 0. The molecule has 0 spiro atoms. The number of nitrogens with zero attached hydrogens (tertiary/aromatic N) is 3. The van der Waals surface area contributed by atoms with Gasteiger partial charge in [-0.3, -0.25) is 9.69 Å². The van der Waals surface area contributed by atoms with Gasteiger partial charge in [-0.1, -0.05) is 30.0 Å². The average molecular weight is 504 g/mol. The molecule has 0 atom stereocenters. The van der Waals surface area contributed by atoms with Crippen molar-refractivity contribution in [3.63, 3.8) is 0 Å². The second-order valence-corrected chi connectivity index (χ2v) is 11.5. The second-order valence-electron chi connectivity index (χ2n) is 8.58. The third kappa shape index (κ3) is 5.00. The van der Waals surface area contributed by atoms with Gasteiger partial charge in [0.05, 0.1) is 30.3 Å². The molecule has 2 aliphatic heterocycles. The molecule has 4 rings (SSSR count). The van der Waals surface area contributed by atoms with E-state index in [-0.39, 0.29) is 10.8 Å². The second kappa shape index (κ2) is 10.1. The first-order valence-electron chi connectivity index (χ1n) is 11.2. The van der Waals surface area contributed by atoms with E-state index >= 15 is 0 Å². The lowest BCUT2D eigenvalue weighted by atomic mass is 10.0. The number of sulfonamides is 1. The summed E-state index contributed by atoms with van der Waals surface area (Å²) >= 11 is 1.49. The number of para-hydroxylation sites is 2. The van der Waals surface area contributed by atoms with E-state index in [9.17, 15) is 13.2 Å². The van der Waals surface area contributed by atoms with Crippen molar-refractivity contribution in [2.45, 2.75) is 31.2 Å². The van der Waals surface area contributed by atoms with Gasteiger partial charge in [0.2, 0.25) is 10.0 Å². The highest BCUT2D eigenvalue weighted by molar-refractivity contribution is 8.14. The topological polar surface area (TPSA) is 88.5 Å². The Morgan fingerprint density at radius 2 is 1.88 bits per heavy atom. The molecule has 2 aromatic carbocycles. The zero-order chi connectivity index (χ0) is 24.3. The molecule has 0 radical (unpaired) electrons. The Morgan fingerprint density at radius 3 is 2.62 bits per heavy atom. The lowest BCUT2D eigenvalue weighted by Crippen LogP contribution is -2.46. The van der Waals surface area contributed by atoms with Crippen LogP contribution in [-0.2, 0) is 14.8 Å². The minimum absolute atomic E-state index is 0.102. The number of benzene rings is 2. The van der Waals surface area contributed by atoms with Gasteiger partial charge in [-0.2, -0.15) is 4.31 Å². The van der Waals surface area contributed by atoms with E-state index in [1.807, 2.05) is 45.0 Å². The predicted molar refractivity (Wildman–Crippen MR) is 133 cm³/mol. The first-order chi connectivity index (χ1) is 16.2. The molecule has 2 saturated heterocycles. The van der Waals surface area contributed by atoms with Crippen LogP contribution in [0, 0.1) is 0 Å². The number of carbonyl (C=O) groups is 1. The summed E-state index contributed by atoms with van der Waals surface area (Å²) in [5.41, 5.74) is 0.446. The molecule has 34 heavy (non-hydrogen) atoms. The molecule has 2 fully saturated rings. The van der Waals surface area contributed by atoms with Crippen molar-refractivity contribution < 1.29 is 22.7 Å². The van der Waals surface area contributed by atoms with E-state index in [2.05, 4.69) is 0 Å². The van der Waals surface area contributed by atoms with Gasteiger partial charge in [0.15, 0.2) is 5.17 Å². The van der Waals surface area contributed by atoms with E-state index in [1.165, 1.54) is 28.2 Å². The molecule has 0 aliphatic carbocycles. The van der Waals surface area contributed by atoms with Crippen LogP contribution in [0.3, 0.4) is 0 Å². The minimum atomic E-state index is -3.71. The number of amides is 1. The molecule has 0 N–H and O–H groups in total. The summed E-state index contributed by atoms with van der Waals surface area (Å²) < 4.78 is 38.6. The number of amidine groups is 1. The molecule has 182 valence electrons. The number of hydrogen-bond acceptors (Lipinski definition) is 7. The Bertz CT molecular complexity index is 1190. The van der Waals surface area contributed by atoms with Crippen LogP contribution in [0.25, 0.3) is 0 Å². The van der Waals surface area contributed by atoms with Gasteiger partial charge in [0, 0.05) is 24.4 Å². The zero-order valence-corrected chi connectivity index (χ0v) is 21.2. The van der Waals surface area contributed by atoms with Crippen LogP contribution < -0.4 is 4.74 Å². The van der Waals surface area contributed by atoms with Crippen molar-refractivity contribution >= 4 is 38.5 Å². The molecule has 10 heteroatoms.